The van der Waals surface area contributed by atoms with E-state index in [0.29, 0.717) is 5.69 Å². The molecule has 0 radical (unpaired) electrons. The van der Waals surface area contributed by atoms with Gasteiger partial charge in [-0.15, -0.1) is 11.3 Å². The molecule has 1 atom stereocenters. The van der Waals surface area contributed by atoms with E-state index in [1.54, 1.807) is 4.57 Å². The molecule has 5 aromatic rings. The van der Waals surface area contributed by atoms with Crippen molar-refractivity contribution in [3.63, 3.8) is 0 Å². The van der Waals surface area contributed by atoms with Crippen molar-refractivity contribution in [2.24, 2.45) is 0 Å². The molecule has 0 amide bonds. The largest absolute Gasteiger partial charge is 0.340 e. The van der Waals surface area contributed by atoms with Crippen molar-refractivity contribution in [2.45, 2.75) is 13.0 Å². The van der Waals surface area contributed by atoms with E-state index in [1.165, 1.54) is 11.3 Å². The third-order valence-corrected chi connectivity index (χ3v) is 5.62. The Morgan fingerprint density at radius 3 is 2.52 bits per heavy atom. The monoisotopic (exact) mass is 372 g/mol. The van der Waals surface area contributed by atoms with Crippen LogP contribution in [-0.4, -0.2) is 19.5 Å². The van der Waals surface area contributed by atoms with E-state index in [9.17, 15) is 4.79 Å². The third kappa shape index (κ3) is 2.57. The highest BCUT2D eigenvalue weighted by molar-refractivity contribution is 7.13. The molecule has 3 aromatic heterocycles. The number of hydrogen-bond acceptors (Lipinski definition) is 4. The normalized spacial score (nSPS) is 12.6. The first-order chi connectivity index (χ1) is 13.2. The van der Waals surface area contributed by atoms with Gasteiger partial charge in [-0.3, -0.25) is 9.36 Å². The number of para-hydroxylation sites is 4. The molecule has 0 saturated carbocycles. The van der Waals surface area contributed by atoms with Gasteiger partial charge >= 0.3 is 0 Å². The Morgan fingerprint density at radius 1 is 0.963 bits per heavy atom. The van der Waals surface area contributed by atoms with Crippen molar-refractivity contribution >= 4 is 33.4 Å². The Morgan fingerprint density at radius 2 is 1.74 bits per heavy atom. The average Bonchev–Trinajstić information content (AvgIpc) is 3.36. The number of nitrogens with zero attached hydrogens (tertiary/aromatic N) is 3. The summed E-state index contributed by atoms with van der Waals surface area (Å²) in [5.74, 6) is 0.756. The number of thiophene rings is 1. The van der Waals surface area contributed by atoms with E-state index < -0.39 is 0 Å². The molecule has 0 aliphatic rings. The van der Waals surface area contributed by atoms with Gasteiger partial charge in [0.1, 0.15) is 11.5 Å². The molecule has 1 unspecified atom stereocenters. The van der Waals surface area contributed by atoms with Crippen molar-refractivity contribution in [1.82, 2.24) is 19.5 Å². The molecule has 0 fully saturated rings. The van der Waals surface area contributed by atoms with E-state index in [1.807, 2.05) is 73.0 Å². The summed E-state index contributed by atoms with van der Waals surface area (Å²) in [7, 11) is 0. The summed E-state index contributed by atoms with van der Waals surface area (Å²) < 4.78 is 1.79. The van der Waals surface area contributed by atoms with Crippen molar-refractivity contribution in [2.75, 3.05) is 0 Å². The number of fused-ring (bicyclic) bond motifs is 2. The molecule has 1 N–H and O–H groups in total. The first-order valence-corrected chi connectivity index (χ1v) is 9.60. The SMILES string of the molecule is CC(c1nc2ccccc2[nH]1)n1c(=O)c(-c2cccs2)nc2ccccc21. The number of nitrogens with one attached hydrogen (secondary N) is 1. The minimum Gasteiger partial charge on any atom is -0.340 e. The lowest BCUT2D eigenvalue weighted by atomic mass is 10.2. The fraction of sp³-hybridized carbons (Fsp3) is 0.0952. The molecule has 0 aliphatic carbocycles. The van der Waals surface area contributed by atoms with E-state index in [-0.39, 0.29) is 11.6 Å². The quantitative estimate of drug-likeness (QED) is 0.503. The van der Waals surface area contributed by atoms with Crippen LogP contribution in [0.5, 0.6) is 0 Å². The molecule has 5 nitrogen and oxygen atoms in total. The van der Waals surface area contributed by atoms with Crippen LogP contribution in [0.25, 0.3) is 32.6 Å². The van der Waals surface area contributed by atoms with Crippen LogP contribution in [-0.2, 0) is 0 Å². The Kier molecular flexibility index (Phi) is 3.65. The maximum atomic E-state index is 13.4. The molecule has 0 spiro atoms. The van der Waals surface area contributed by atoms with Crippen LogP contribution in [0.4, 0.5) is 0 Å². The molecule has 132 valence electrons. The van der Waals surface area contributed by atoms with Crippen molar-refractivity contribution in [1.29, 1.82) is 0 Å². The maximum Gasteiger partial charge on any atom is 0.279 e. The zero-order valence-electron chi connectivity index (χ0n) is 14.6. The lowest BCUT2D eigenvalue weighted by Crippen LogP contribution is -2.27. The number of hydrogen-bond donors (Lipinski definition) is 1. The Hall–Kier alpha value is -3.25. The van der Waals surface area contributed by atoms with E-state index in [4.69, 9.17) is 4.98 Å². The Bertz CT molecular complexity index is 1280. The van der Waals surface area contributed by atoms with Gasteiger partial charge in [0.05, 0.1) is 33.0 Å². The third-order valence-electron chi connectivity index (χ3n) is 4.74. The second kappa shape index (κ2) is 6.17. The highest BCUT2D eigenvalue weighted by Gasteiger charge is 2.20. The van der Waals surface area contributed by atoms with E-state index in [0.717, 1.165) is 32.8 Å². The van der Waals surface area contributed by atoms with Crippen molar-refractivity contribution < 1.29 is 0 Å². The first kappa shape index (κ1) is 16.0. The second-order valence-corrected chi connectivity index (χ2v) is 7.36. The van der Waals surface area contributed by atoms with Gasteiger partial charge in [-0.1, -0.05) is 30.3 Å². The van der Waals surface area contributed by atoms with Crippen LogP contribution < -0.4 is 5.56 Å². The van der Waals surface area contributed by atoms with E-state index in [2.05, 4.69) is 9.97 Å². The Balaban J connectivity index is 1.78. The predicted molar refractivity (Wildman–Crippen MR) is 109 cm³/mol. The van der Waals surface area contributed by atoms with E-state index >= 15 is 0 Å². The summed E-state index contributed by atoms with van der Waals surface area (Å²) in [5.41, 5.74) is 3.82. The Labute approximate surface area is 159 Å². The second-order valence-electron chi connectivity index (χ2n) is 6.42. The molecular weight excluding hydrogens is 356 g/mol. The fourth-order valence-electron chi connectivity index (χ4n) is 3.41. The first-order valence-electron chi connectivity index (χ1n) is 8.72. The van der Waals surface area contributed by atoms with Crippen molar-refractivity contribution in [3.05, 3.63) is 82.2 Å². The zero-order chi connectivity index (χ0) is 18.4. The van der Waals surface area contributed by atoms with Gasteiger partial charge in [-0.25, -0.2) is 9.97 Å². The molecule has 2 aromatic carbocycles. The predicted octanol–water partition coefficient (Wildman–Crippen LogP) is 4.61. The summed E-state index contributed by atoms with van der Waals surface area (Å²) in [6.45, 7) is 1.99. The van der Waals surface area contributed by atoms with Crippen LogP contribution in [0.3, 0.4) is 0 Å². The number of benzene rings is 2. The smallest absolute Gasteiger partial charge is 0.279 e. The summed E-state index contributed by atoms with van der Waals surface area (Å²) >= 11 is 1.52. The highest BCUT2D eigenvalue weighted by atomic mass is 32.1. The molecule has 0 bridgehead atoms. The highest BCUT2D eigenvalue weighted by Crippen LogP contribution is 2.26. The van der Waals surface area contributed by atoms with Crippen LogP contribution in [0, 0.1) is 0 Å². The van der Waals surface area contributed by atoms with Gasteiger partial charge in [0, 0.05) is 0 Å². The number of H-pyrrole nitrogens is 1. The maximum absolute atomic E-state index is 13.4. The lowest BCUT2D eigenvalue weighted by Gasteiger charge is -2.17. The van der Waals surface area contributed by atoms with Crippen LogP contribution in [0.15, 0.2) is 70.8 Å². The fourth-order valence-corrected chi connectivity index (χ4v) is 4.11. The summed E-state index contributed by atoms with van der Waals surface area (Å²) in [6, 6.07) is 19.2. The van der Waals surface area contributed by atoms with Crippen LogP contribution >= 0.6 is 11.3 Å². The zero-order valence-corrected chi connectivity index (χ0v) is 15.4. The lowest BCUT2D eigenvalue weighted by molar-refractivity contribution is 0.607. The molecule has 3 heterocycles. The van der Waals surface area contributed by atoms with Gasteiger partial charge in [-0.2, -0.15) is 0 Å². The summed E-state index contributed by atoms with van der Waals surface area (Å²) in [6.07, 6.45) is 0. The standard InChI is InChI=1S/C21H16N4OS/c1-13(20-23-14-7-2-3-8-15(14)24-20)25-17-10-5-4-9-16(17)22-19(21(25)26)18-11-6-12-27-18/h2-13H,1H3,(H,23,24). The molecule has 5 rings (SSSR count). The van der Waals surface area contributed by atoms with Crippen LogP contribution in [0.2, 0.25) is 0 Å². The van der Waals surface area contributed by atoms with Crippen molar-refractivity contribution in [3.8, 4) is 10.6 Å². The van der Waals surface area contributed by atoms with Gasteiger partial charge in [0.15, 0.2) is 0 Å². The molecular formula is C21H16N4OS. The summed E-state index contributed by atoms with van der Waals surface area (Å²) in [4.78, 5) is 26.9. The molecule has 6 heteroatoms. The minimum absolute atomic E-state index is 0.107. The number of imidazole rings is 1. The number of aromatic amines is 1. The molecule has 27 heavy (non-hydrogen) atoms. The molecule has 0 aliphatic heterocycles. The van der Waals surface area contributed by atoms with Gasteiger partial charge in [-0.05, 0) is 42.6 Å². The van der Waals surface area contributed by atoms with Gasteiger partial charge in [0.25, 0.3) is 5.56 Å². The van der Waals surface area contributed by atoms with Gasteiger partial charge in [0.2, 0.25) is 0 Å². The van der Waals surface area contributed by atoms with Gasteiger partial charge < -0.3 is 4.98 Å². The number of aromatic nitrogens is 4. The topological polar surface area (TPSA) is 63.6 Å². The number of rotatable bonds is 3. The van der Waals surface area contributed by atoms with Crippen LogP contribution in [0.1, 0.15) is 18.8 Å². The molecule has 0 saturated heterocycles. The average molecular weight is 372 g/mol. The minimum atomic E-state index is -0.253. The summed E-state index contributed by atoms with van der Waals surface area (Å²) in [5, 5.41) is 1.96.